The Morgan fingerprint density at radius 3 is 2.43 bits per heavy atom. The van der Waals surface area contributed by atoms with Crippen molar-refractivity contribution in [1.29, 1.82) is 0 Å². The largest absolute Gasteiger partial charge is 0.339 e. The Labute approximate surface area is 134 Å². The number of amides is 1. The fraction of sp³-hybridized carbons (Fsp3) is 0.588. The molecule has 2 rings (SSSR count). The first-order valence-electron chi connectivity index (χ1n) is 7.61. The van der Waals surface area contributed by atoms with Crippen LogP contribution in [0.15, 0.2) is 24.3 Å². The molecule has 1 aliphatic heterocycles. The van der Waals surface area contributed by atoms with Gasteiger partial charge in [0.25, 0.3) is 0 Å². The van der Waals surface area contributed by atoms with E-state index >= 15 is 0 Å². The molecule has 21 heavy (non-hydrogen) atoms. The Hall–Kier alpha value is -1.06. The van der Waals surface area contributed by atoms with Gasteiger partial charge in [-0.15, -0.1) is 12.4 Å². The number of carbonyl (C=O) groups excluding carboxylic acids is 1. The van der Waals surface area contributed by atoms with Gasteiger partial charge >= 0.3 is 0 Å². The third kappa shape index (κ3) is 5.01. The van der Waals surface area contributed by atoms with Gasteiger partial charge in [-0.2, -0.15) is 0 Å². The summed E-state index contributed by atoms with van der Waals surface area (Å²) in [5, 5.41) is 3.35. The zero-order valence-corrected chi connectivity index (χ0v) is 14.1. The van der Waals surface area contributed by atoms with E-state index < -0.39 is 0 Å². The lowest BCUT2D eigenvalue weighted by Crippen LogP contribution is -2.34. The number of nitrogens with one attached hydrogen (secondary N) is 1. The Kier molecular flexibility index (Phi) is 7.20. The Bertz CT molecular complexity index is 441. The third-order valence-electron chi connectivity index (χ3n) is 4.46. The number of piperidine rings is 1. The molecule has 0 aromatic heterocycles. The molecule has 0 bridgehead atoms. The van der Waals surface area contributed by atoms with E-state index in [1.807, 2.05) is 11.9 Å². The second kappa shape index (κ2) is 8.40. The molecule has 0 saturated carbocycles. The van der Waals surface area contributed by atoms with Gasteiger partial charge in [-0.1, -0.05) is 29.8 Å². The molecule has 1 fully saturated rings. The number of hydrogen-bond donors (Lipinski definition) is 1. The molecule has 1 unspecified atom stereocenters. The van der Waals surface area contributed by atoms with E-state index in [0.717, 1.165) is 25.9 Å². The molecule has 1 amide bonds. The number of nitrogens with zero attached hydrogens (tertiary/aromatic N) is 1. The summed E-state index contributed by atoms with van der Waals surface area (Å²) in [4.78, 5) is 14.3. The first kappa shape index (κ1) is 18.0. The van der Waals surface area contributed by atoms with Crippen LogP contribution in [-0.2, 0) is 4.79 Å². The Balaban J connectivity index is 0.00000220. The van der Waals surface area contributed by atoms with Crippen molar-refractivity contribution in [1.82, 2.24) is 10.2 Å². The second-order valence-electron chi connectivity index (χ2n) is 5.99. The third-order valence-corrected chi connectivity index (χ3v) is 4.46. The fourth-order valence-electron chi connectivity index (χ4n) is 2.76. The normalized spacial score (nSPS) is 16.9. The molecular weight excluding hydrogens is 284 g/mol. The van der Waals surface area contributed by atoms with Crippen molar-refractivity contribution in [2.24, 2.45) is 5.92 Å². The summed E-state index contributed by atoms with van der Waals surface area (Å²) in [7, 11) is 1.92. The lowest BCUT2D eigenvalue weighted by molar-refractivity contribution is -0.133. The molecule has 118 valence electrons. The van der Waals surface area contributed by atoms with E-state index in [-0.39, 0.29) is 24.4 Å². The van der Waals surface area contributed by atoms with Gasteiger partial charge in [0.15, 0.2) is 0 Å². The lowest BCUT2D eigenvalue weighted by Gasteiger charge is -2.29. The number of aryl methyl sites for hydroxylation is 1. The number of rotatable bonds is 4. The van der Waals surface area contributed by atoms with Crippen LogP contribution in [0.4, 0.5) is 0 Å². The highest BCUT2D eigenvalue weighted by molar-refractivity contribution is 5.85. The van der Waals surface area contributed by atoms with Crippen molar-refractivity contribution in [2.75, 3.05) is 20.1 Å². The first-order chi connectivity index (χ1) is 9.58. The van der Waals surface area contributed by atoms with Crippen molar-refractivity contribution in [3.05, 3.63) is 35.4 Å². The molecule has 1 saturated heterocycles. The molecule has 0 spiro atoms. The van der Waals surface area contributed by atoms with Crippen molar-refractivity contribution >= 4 is 18.3 Å². The smallest absolute Gasteiger partial charge is 0.223 e. The number of hydrogen-bond acceptors (Lipinski definition) is 2. The summed E-state index contributed by atoms with van der Waals surface area (Å²) in [5.74, 6) is 0.821. The van der Waals surface area contributed by atoms with E-state index in [4.69, 9.17) is 0 Å². The van der Waals surface area contributed by atoms with E-state index in [1.54, 1.807) is 0 Å². The molecule has 0 radical (unpaired) electrons. The van der Waals surface area contributed by atoms with Crippen LogP contribution in [0.1, 0.15) is 43.4 Å². The Morgan fingerprint density at radius 1 is 1.29 bits per heavy atom. The summed E-state index contributed by atoms with van der Waals surface area (Å²) in [6.07, 6.45) is 2.94. The van der Waals surface area contributed by atoms with Crippen LogP contribution in [0.3, 0.4) is 0 Å². The summed E-state index contributed by atoms with van der Waals surface area (Å²) in [6.45, 7) is 6.29. The van der Waals surface area contributed by atoms with Gasteiger partial charge in [0.2, 0.25) is 5.91 Å². The SMILES string of the molecule is Cc1ccc(C(C)N(C)C(=O)CC2CCNCC2)cc1.Cl. The van der Waals surface area contributed by atoms with Gasteiger partial charge in [0.05, 0.1) is 6.04 Å². The standard InChI is InChI=1S/C17H26N2O.ClH/c1-13-4-6-16(7-5-13)14(2)19(3)17(20)12-15-8-10-18-11-9-15;/h4-7,14-15,18H,8-12H2,1-3H3;1H. The quantitative estimate of drug-likeness (QED) is 0.925. The molecule has 1 atom stereocenters. The lowest BCUT2D eigenvalue weighted by atomic mass is 9.93. The van der Waals surface area contributed by atoms with Gasteiger partial charge in [-0.3, -0.25) is 4.79 Å². The van der Waals surface area contributed by atoms with Gasteiger partial charge in [-0.25, -0.2) is 0 Å². The van der Waals surface area contributed by atoms with Crippen molar-refractivity contribution < 1.29 is 4.79 Å². The van der Waals surface area contributed by atoms with E-state index in [1.165, 1.54) is 11.1 Å². The summed E-state index contributed by atoms with van der Waals surface area (Å²) < 4.78 is 0. The highest BCUT2D eigenvalue weighted by atomic mass is 35.5. The number of carbonyl (C=O) groups is 1. The van der Waals surface area contributed by atoms with Crippen LogP contribution in [0.25, 0.3) is 0 Å². The number of benzene rings is 1. The van der Waals surface area contributed by atoms with Crippen LogP contribution in [0.2, 0.25) is 0 Å². The van der Waals surface area contributed by atoms with E-state index in [9.17, 15) is 4.79 Å². The molecular formula is C17H27ClN2O. The molecule has 1 aliphatic rings. The summed E-state index contributed by atoms with van der Waals surface area (Å²) >= 11 is 0. The first-order valence-corrected chi connectivity index (χ1v) is 7.61. The predicted molar refractivity (Wildman–Crippen MR) is 89.8 cm³/mol. The minimum absolute atomic E-state index is 0. The topological polar surface area (TPSA) is 32.3 Å². The van der Waals surface area contributed by atoms with E-state index in [2.05, 4.69) is 43.4 Å². The van der Waals surface area contributed by atoms with Crippen LogP contribution < -0.4 is 5.32 Å². The minimum Gasteiger partial charge on any atom is -0.339 e. The van der Waals surface area contributed by atoms with Crippen molar-refractivity contribution in [3.8, 4) is 0 Å². The average molecular weight is 311 g/mol. The Morgan fingerprint density at radius 2 is 1.86 bits per heavy atom. The van der Waals surface area contributed by atoms with Gasteiger partial charge in [-0.05, 0) is 51.3 Å². The van der Waals surface area contributed by atoms with Gasteiger partial charge < -0.3 is 10.2 Å². The number of halogens is 1. The molecule has 0 aliphatic carbocycles. The van der Waals surface area contributed by atoms with E-state index in [0.29, 0.717) is 12.3 Å². The molecule has 1 N–H and O–H groups in total. The van der Waals surface area contributed by atoms with Crippen molar-refractivity contribution in [2.45, 2.75) is 39.2 Å². The van der Waals surface area contributed by atoms with Crippen LogP contribution in [0, 0.1) is 12.8 Å². The maximum atomic E-state index is 12.4. The average Bonchev–Trinajstić information content (AvgIpc) is 2.47. The van der Waals surface area contributed by atoms with Crippen molar-refractivity contribution in [3.63, 3.8) is 0 Å². The molecule has 1 aromatic carbocycles. The van der Waals surface area contributed by atoms with Crippen LogP contribution >= 0.6 is 12.4 Å². The summed E-state index contributed by atoms with van der Waals surface area (Å²) in [6, 6.07) is 8.60. The maximum Gasteiger partial charge on any atom is 0.223 e. The maximum absolute atomic E-state index is 12.4. The highest BCUT2D eigenvalue weighted by Crippen LogP contribution is 2.23. The van der Waals surface area contributed by atoms with Gasteiger partial charge in [0.1, 0.15) is 0 Å². The minimum atomic E-state index is 0. The second-order valence-corrected chi connectivity index (χ2v) is 5.99. The van der Waals surface area contributed by atoms with Crippen LogP contribution in [-0.4, -0.2) is 30.9 Å². The predicted octanol–water partition coefficient (Wildman–Crippen LogP) is 3.33. The highest BCUT2D eigenvalue weighted by Gasteiger charge is 2.22. The fourth-order valence-corrected chi connectivity index (χ4v) is 2.76. The summed E-state index contributed by atoms with van der Waals surface area (Å²) in [5.41, 5.74) is 2.46. The zero-order valence-electron chi connectivity index (χ0n) is 13.3. The molecule has 4 heteroatoms. The van der Waals surface area contributed by atoms with Gasteiger partial charge in [0, 0.05) is 13.5 Å². The molecule has 1 heterocycles. The monoisotopic (exact) mass is 310 g/mol. The molecule has 1 aromatic rings. The molecule has 3 nitrogen and oxygen atoms in total. The van der Waals surface area contributed by atoms with Crippen LogP contribution in [0.5, 0.6) is 0 Å². The zero-order chi connectivity index (χ0) is 14.5.